The molecule has 3 aromatic heterocycles. The van der Waals surface area contributed by atoms with Crippen LogP contribution in [0.25, 0.3) is 28.0 Å². The van der Waals surface area contributed by atoms with Gasteiger partial charge in [-0.25, -0.2) is 18.9 Å². The van der Waals surface area contributed by atoms with Gasteiger partial charge in [0.1, 0.15) is 23.1 Å². The quantitative estimate of drug-likeness (QED) is 0.242. The molecule has 0 amide bonds. The number of nitrogens with zero attached hydrogens (tertiary/aromatic N) is 4. The van der Waals surface area contributed by atoms with Gasteiger partial charge in [-0.05, 0) is 74.8 Å². The number of halogens is 1. The third kappa shape index (κ3) is 5.29. The molecule has 0 atom stereocenters. The summed E-state index contributed by atoms with van der Waals surface area (Å²) in [6.07, 6.45) is 13.8. The minimum Gasteiger partial charge on any atom is -0.493 e. The van der Waals surface area contributed by atoms with Gasteiger partial charge in [-0.15, -0.1) is 0 Å². The van der Waals surface area contributed by atoms with Crippen LogP contribution in [0, 0.1) is 11.7 Å². The molecule has 3 saturated carbocycles. The number of ether oxygens (including phenoxy) is 1. The average Bonchev–Trinajstić information content (AvgIpc) is 3.29. The maximum atomic E-state index is 13.9. The Morgan fingerprint density at radius 1 is 0.872 bits per heavy atom. The van der Waals surface area contributed by atoms with E-state index in [1.165, 1.54) is 50.7 Å². The lowest BCUT2D eigenvalue weighted by atomic mass is 10.0. The first-order valence-electron chi connectivity index (χ1n) is 14.5. The number of rotatable bonds is 9. The summed E-state index contributed by atoms with van der Waals surface area (Å²) in [5.41, 5.74) is 4.19. The standard InChI is InChI=1S/C31H35FN6O/c32-22-13-11-21(12-14-22)30-29(26-15-16-33-31(36-26)35-24-7-3-4-8-24)27-17-25(39-19-20-9-10-20)18-28(38(27)37-30)34-23-5-1-2-6-23/h11-18,20,23-24,34H,1-10,19H2,(H,33,35,36). The molecule has 1 aromatic carbocycles. The highest BCUT2D eigenvalue weighted by atomic mass is 19.1. The van der Waals surface area contributed by atoms with Crippen LogP contribution in [0.4, 0.5) is 16.2 Å². The maximum absolute atomic E-state index is 13.9. The minimum absolute atomic E-state index is 0.270. The molecule has 8 heteroatoms. The second kappa shape index (κ2) is 10.5. The summed E-state index contributed by atoms with van der Waals surface area (Å²) >= 11 is 0. The van der Waals surface area contributed by atoms with E-state index in [1.807, 2.05) is 16.8 Å². The molecule has 0 saturated heterocycles. The average molecular weight is 527 g/mol. The fourth-order valence-electron chi connectivity index (χ4n) is 5.97. The smallest absolute Gasteiger partial charge is 0.223 e. The third-order valence-corrected chi connectivity index (χ3v) is 8.31. The third-order valence-electron chi connectivity index (χ3n) is 8.31. The lowest BCUT2D eigenvalue weighted by molar-refractivity contribution is 0.300. The number of hydrogen-bond donors (Lipinski definition) is 2. The number of aromatic nitrogens is 4. The van der Waals surface area contributed by atoms with E-state index in [0.29, 0.717) is 23.9 Å². The lowest BCUT2D eigenvalue weighted by Crippen LogP contribution is -2.17. The van der Waals surface area contributed by atoms with E-state index in [-0.39, 0.29) is 5.82 Å². The van der Waals surface area contributed by atoms with Crippen molar-refractivity contribution < 1.29 is 9.13 Å². The summed E-state index contributed by atoms with van der Waals surface area (Å²) in [4.78, 5) is 9.50. The van der Waals surface area contributed by atoms with E-state index in [9.17, 15) is 4.39 Å². The summed E-state index contributed by atoms with van der Waals surface area (Å²) in [7, 11) is 0. The zero-order valence-corrected chi connectivity index (χ0v) is 22.2. The van der Waals surface area contributed by atoms with Crippen LogP contribution in [0.2, 0.25) is 0 Å². The Morgan fingerprint density at radius 2 is 1.59 bits per heavy atom. The van der Waals surface area contributed by atoms with Crippen LogP contribution >= 0.6 is 0 Å². The van der Waals surface area contributed by atoms with Crippen molar-refractivity contribution in [3.05, 3.63) is 54.5 Å². The van der Waals surface area contributed by atoms with Crippen LogP contribution < -0.4 is 15.4 Å². The van der Waals surface area contributed by atoms with Crippen LogP contribution in [0.3, 0.4) is 0 Å². The predicted molar refractivity (Wildman–Crippen MR) is 152 cm³/mol. The Hall–Kier alpha value is -3.68. The Labute approximate surface area is 228 Å². The molecule has 0 radical (unpaired) electrons. The van der Waals surface area contributed by atoms with E-state index in [4.69, 9.17) is 14.8 Å². The highest BCUT2D eigenvalue weighted by Gasteiger charge is 2.25. The molecule has 4 aromatic rings. The molecule has 3 aliphatic rings. The Morgan fingerprint density at radius 3 is 2.31 bits per heavy atom. The zero-order chi connectivity index (χ0) is 26.2. The second-order valence-corrected chi connectivity index (χ2v) is 11.4. The maximum Gasteiger partial charge on any atom is 0.223 e. The lowest BCUT2D eigenvalue weighted by Gasteiger charge is -2.16. The monoisotopic (exact) mass is 526 g/mol. The van der Waals surface area contributed by atoms with Crippen molar-refractivity contribution in [2.75, 3.05) is 17.2 Å². The minimum atomic E-state index is -0.270. The van der Waals surface area contributed by atoms with Gasteiger partial charge in [-0.1, -0.05) is 25.7 Å². The fraction of sp³-hybridized carbons (Fsp3) is 0.452. The molecule has 0 unspecified atom stereocenters. The van der Waals surface area contributed by atoms with Crippen molar-refractivity contribution in [2.24, 2.45) is 5.92 Å². The molecule has 0 bridgehead atoms. The van der Waals surface area contributed by atoms with Gasteiger partial charge >= 0.3 is 0 Å². The first-order valence-corrected chi connectivity index (χ1v) is 14.5. The molecule has 3 aliphatic carbocycles. The van der Waals surface area contributed by atoms with Crippen molar-refractivity contribution in [3.8, 4) is 28.3 Å². The molecule has 39 heavy (non-hydrogen) atoms. The number of benzene rings is 1. The molecular weight excluding hydrogens is 491 g/mol. The van der Waals surface area contributed by atoms with Gasteiger partial charge in [0.2, 0.25) is 5.95 Å². The predicted octanol–water partition coefficient (Wildman–Crippen LogP) is 7.10. The molecule has 2 N–H and O–H groups in total. The van der Waals surface area contributed by atoms with E-state index in [0.717, 1.165) is 71.9 Å². The summed E-state index contributed by atoms with van der Waals surface area (Å²) in [6.45, 7) is 0.732. The Kier molecular flexibility index (Phi) is 6.54. The van der Waals surface area contributed by atoms with Crippen molar-refractivity contribution >= 4 is 17.3 Å². The van der Waals surface area contributed by atoms with Crippen molar-refractivity contribution in [2.45, 2.75) is 76.3 Å². The summed E-state index contributed by atoms with van der Waals surface area (Å²) in [6, 6.07) is 13.4. The first-order chi connectivity index (χ1) is 19.2. The number of nitrogens with one attached hydrogen (secondary N) is 2. The normalized spacial score (nSPS) is 18.2. The molecule has 0 spiro atoms. The van der Waals surface area contributed by atoms with Gasteiger partial charge in [0.25, 0.3) is 0 Å². The first kappa shape index (κ1) is 24.4. The van der Waals surface area contributed by atoms with E-state index in [2.05, 4.69) is 27.8 Å². The van der Waals surface area contributed by atoms with Gasteiger partial charge in [-0.2, -0.15) is 5.10 Å². The van der Waals surface area contributed by atoms with Gasteiger partial charge < -0.3 is 15.4 Å². The summed E-state index contributed by atoms with van der Waals surface area (Å²) in [5, 5.41) is 12.4. The Bertz CT molecular complexity index is 1450. The SMILES string of the molecule is Fc1ccc(-c2nn3c(NC4CCCC4)cc(OCC4CC4)cc3c2-c2ccnc(NC3CCCC3)n2)cc1. The van der Waals surface area contributed by atoms with Crippen molar-refractivity contribution in [1.82, 2.24) is 19.6 Å². The van der Waals surface area contributed by atoms with Gasteiger partial charge in [0.15, 0.2) is 0 Å². The largest absolute Gasteiger partial charge is 0.493 e. The summed E-state index contributed by atoms with van der Waals surface area (Å²) < 4.78 is 22.2. The molecule has 0 aliphatic heterocycles. The number of fused-ring (bicyclic) bond motifs is 1. The summed E-state index contributed by atoms with van der Waals surface area (Å²) in [5.74, 6) is 2.76. The number of pyridine rings is 1. The van der Waals surface area contributed by atoms with E-state index in [1.54, 1.807) is 12.1 Å². The zero-order valence-electron chi connectivity index (χ0n) is 22.2. The molecule has 3 fully saturated rings. The van der Waals surface area contributed by atoms with Crippen LogP contribution in [-0.2, 0) is 0 Å². The molecular formula is C31H35FN6O. The fourth-order valence-corrected chi connectivity index (χ4v) is 5.97. The van der Waals surface area contributed by atoms with Crippen molar-refractivity contribution in [3.63, 3.8) is 0 Å². The van der Waals surface area contributed by atoms with Crippen molar-refractivity contribution in [1.29, 1.82) is 0 Å². The topological polar surface area (TPSA) is 76.4 Å². The van der Waals surface area contributed by atoms with Gasteiger partial charge in [0.05, 0.1) is 23.4 Å². The van der Waals surface area contributed by atoms with Crippen LogP contribution in [-0.4, -0.2) is 38.3 Å². The molecule has 7 rings (SSSR count). The van der Waals surface area contributed by atoms with Gasteiger partial charge in [-0.3, -0.25) is 0 Å². The second-order valence-electron chi connectivity index (χ2n) is 11.4. The highest BCUT2D eigenvalue weighted by molar-refractivity contribution is 5.92. The van der Waals surface area contributed by atoms with E-state index < -0.39 is 0 Å². The van der Waals surface area contributed by atoms with Crippen LogP contribution in [0.5, 0.6) is 5.75 Å². The molecule has 202 valence electrons. The number of anilines is 2. The highest BCUT2D eigenvalue weighted by Crippen LogP contribution is 2.39. The number of hydrogen-bond acceptors (Lipinski definition) is 6. The molecule has 7 nitrogen and oxygen atoms in total. The van der Waals surface area contributed by atoms with Gasteiger partial charge in [0, 0.05) is 36.0 Å². The van der Waals surface area contributed by atoms with Crippen LogP contribution in [0.15, 0.2) is 48.7 Å². The van der Waals surface area contributed by atoms with Crippen LogP contribution in [0.1, 0.15) is 64.2 Å². The Balaban J connectivity index is 1.37. The molecule has 3 heterocycles. The van der Waals surface area contributed by atoms with E-state index >= 15 is 0 Å².